The Hall–Kier alpha value is -0.470. The van der Waals surface area contributed by atoms with Crippen LogP contribution in [0.1, 0.15) is 12.0 Å². The van der Waals surface area contributed by atoms with Gasteiger partial charge < -0.3 is 5.73 Å². The average Bonchev–Trinajstić information content (AvgIpc) is 2.19. The van der Waals surface area contributed by atoms with E-state index in [2.05, 4.69) is 30.3 Å². The minimum atomic E-state index is 0.818. The molecule has 0 aliphatic heterocycles. The maximum atomic E-state index is 5.41. The van der Waals surface area contributed by atoms with Gasteiger partial charge in [0.2, 0.25) is 0 Å². The molecule has 0 atom stereocenters. The van der Waals surface area contributed by atoms with Gasteiger partial charge in [-0.05, 0) is 36.5 Å². The van der Waals surface area contributed by atoms with Crippen LogP contribution in [-0.4, -0.2) is 18.1 Å². The topological polar surface area (TPSA) is 26.0 Å². The highest BCUT2D eigenvalue weighted by molar-refractivity contribution is 7.99. The van der Waals surface area contributed by atoms with Crippen LogP contribution >= 0.6 is 11.8 Å². The molecule has 0 unspecified atom stereocenters. The van der Waals surface area contributed by atoms with Crippen LogP contribution in [0.2, 0.25) is 0 Å². The number of hydrogen-bond donors (Lipinski definition) is 1. The third-order valence-corrected chi connectivity index (χ3v) is 2.94. The summed E-state index contributed by atoms with van der Waals surface area (Å²) in [5, 5.41) is 0. The van der Waals surface area contributed by atoms with Gasteiger partial charge in [-0.15, -0.1) is 0 Å². The first kappa shape index (κ1) is 10.6. The molecule has 0 spiro atoms. The molecule has 1 nitrogen and oxygen atoms in total. The number of aryl methyl sites for hydroxylation is 1. The van der Waals surface area contributed by atoms with E-state index in [1.807, 2.05) is 11.8 Å². The van der Waals surface area contributed by atoms with Crippen molar-refractivity contribution in [1.29, 1.82) is 0 Å². The van der Waals surface area contributed by atoms with Crippen molar-refractivity contribution in [3.63, 3.8) is 0 Å². The molecule has 2 N–H and O–H groups in total. The first-order valence-electron chi connectivity index (χ1n) is 4.75. The van der Waals surface area contributed by atoms with E-state index in [1.54, 1.807) is 0 Å². The lowest BCUT2D eigenvalue weighted by Crippen LogP contribution is -2.00. The van der Waals surface area contributed by atoms with Gasteiger partial charge >= 0.3 is 0 Å². The van der Waals surface area contributed by atoms with Crippen molar-refractivity contribution in [2.45, 2.75) is 12.8 Å². The van der Waals surface area contributed by atoms with Crippen molar-refractivity contribution in [2.75, 3.05) is 18.1 Å². The summed E-state index contributed by atoms with van der Waals surface area (Å²) in [5.74, 6) is 2.41. The molecule has 1 aromatic rings. The third-order valence-electron chi connectivity index (χ3n) is 1.87. The molecule has 1 rings (SSSR count). The molecule has 0 saturated carbocycles. The standard InChI is InChI=1S/C11H17NS/c12-8-4-9-13-10-7-11-5-2-1-3-6-11/h1-3,5-6H,4,7-10,12H2. The number of nitrogens with two attached hydrogens (primary N) is 1. The van der Waals surface area contributed by atoms with Crippen molar-refractivity contribution >= 4 is 11.8 Å². The van der Waals surface area contributed by atoms with E-state index in [4.69, 9.17) is 5.73 Å². The zero-order chi connectivity index (χ0) is 9.36. The van der Waals surface area contributed by atoms with Crippen molar-refractivity contribution in [2.24, 2.45) is 5.73 Å². The number of rotatable bonds is 6. The van der Waals surface area contributed by atoms with Gasteiger partial charge in [-0.2, -0.15) is 11.8 Å². The molecular formula is C11H17NS. The van der Waals surface area contributed by atoms with E-state index in [0.29, 0.717) is 0 Å². The Kier molecular flexibility index (Phi) is 5.70. The second kappa shape index (κ2) is 6.98. The fourth-order valence-corrected chi connectivity index (χ4v) is 2.08. The largest absolute Gasteiger partial charge is 0.330 e. The van der Waals surface area contributed by atoms with Gasteiger partial charge in [0, 0.05) is 0 Å². The Morgan fingerprint density at radius 3 is 2.54 bits per heavy atom. The van der Waals surface area contributed by atoms with Crippen LogP contribution in [0.3, 0.4) is 0 Å². The molecule has 0 aliphatic carbocycles. The van der Waals surface area contributed by atoms with Gasteiger partial charge in [0.05, 0.1) is 0 Å². The van der Waals surface area contributed by atoms with Gasteiger partial charge in [-0.1, -0.05) is 30.3 Å². The summed E-state index contributed by atoms with van der Waals surface area (Å²) in [6.45, 7) is 0.818. The third kappa shape index (κ3) is 4.96. The molecular weight excluding hydrogens is 178 g/mol. The molecule has 0 heterocycles. The SMILES string of the molecule is NCCCSCCc1ccccc1. The smallest absolute Gasteiger partial charge is 0.00270 e. The van der Waals surface area contributed by atoms with Crippen molar-refractivity contribution in [1.82, 2.24) is 0 Å². The predicted molar refractivity (Wildman–Crippen MR) is 61.1 cm³/mol. The van der Waals surface area contributed by atoms with E-state index < -0.39 is 0 Å². The molecule has 0 saturated heterocycles. The van der Waals surface area contributed by atoms with E-state index in [0.717, 1.165) is 13.0 Å². The normalized spacial score (nSPS) is 10.2. The first-order valence-corrected chi connectivity index (χ1v) is 5.90. The molecule has 1 aromatic carbocycles. The zero-order valence-electron chi connectivity index (χ0n) is 7.91. The van der Waals surface area contributed by atoms with Gasteiger partial charge in [0.25, 0.3) is 0 Å². The van der Waals surface area contributed by atoms with E-state index in [-0.39, 0.29) is 0 Å². The summed E-state index contributed by atoms with van der Waals surface area (Å²) < 4.78 is 0. The van der Waals surface area contributed by atoms with Crippen LogP contribution < -0.4 is 5.73 Å². The summed E-state index contributed by atoms with van der Waals surface area (Å²) in [5.41, 5.74) is 6.84. The Balaban J connectivity index is 2.07. The number of thioether (sulfide) groups is 1. The van der Waals surface area contributed by atoms with Gasteiger partial charge in [0.15, 0.2) is 0 Å². The molecule has 13 heavy (non-hydrogen) atoms. The summed E-state index contributed by atoms with van der Waals surface area (Å²) in [4.78, 5) is 0. The summed E-state index contributed by atoms with van der Waals surface area (Å²) >= 11 is 1.99. The Morgan fingerprint density at radius 2 is 1.85 bits per heavy atom. The monoisotopic (exact) mass is 195 g/mol. The van der Waals surface area contributed by atoms with E-state index in [1.165, 1.54) is 23.5 Å². The highest BCUT2D eigenvalue weighted by atomic mass is 32.2. The van der Waals surface area contributed by atoms with Gasteiger partial charge in [-0.25, -0.2) is 0 Å². The number of hydrogen-bond acceptors (Lipinski definition) is 2. The fourth-order valence-electron chi connectivity index (χ4n) is 1.12. The molecule has 0 aromatic heterocycles. The lowest BCUT2D eigenvalue weighted by atomic mass is 10.2. The predicted octanol–water partition coefficient (Wildman–Crippen LogP) is 2.31. The molecule has 0 aliphatic rings. The molecule has 0 fully saturated rings. The molecule has 0 radical (unpaired) electrons. The first-order chi connectivity index (χ1) is 6.43. The summed E-state index contributed by atoms with van der Waals surface area (Å²) in [7, 11) is 0. The van der Waals surface area contributed by atoms with Gasteiger partial charge in [0.1, 0.15) is 0 Å². The van der Waals surface area contributed by atoms with Crippen LogP contribution in [-0.2, 0) is 6.42 Å². The Labute approximate surface area is 84.7 Å². The average molecular weight is 195 g/mol. The molecule has 2 heteroatoms. The quantitative estimate of drug-likeness (QED) is 0.705. The molecule has 0 amide bonds. The highest BCUT2D eigenvalue weighted by Crippen LogP contribution is 2.07. The maximum absolute atomic E-state index is 5.41. The minimum absolute atomic E-state index is 0.818. The van der Waals surface area contributed by atoms with E-state index >= 15 is 0 Å². The minimum Gasteiger partial charge on any atom is -0.330 e. The Bertz CT molecular complexity index is 211. The second-order valence-electron chi connectivity index (χ2n) is 2.99. The lowest BCUT2D eigenvalue weighted by molar-refractivity contribution is 0.942. The fraction of sp³-hybridized carbons (Fsp3) is 0.455. The van der Waals surface area contributed by atoms with Crippen LogP contribution in [0.15, 0.2) is 30.3 Å². The molecule has 0 bridgehead atoms. The Morgan fingerprint density at radius 1 is 1.08 bits per heavy atom. The summed E-state index contributed by atoms with van der Waals surface area (Å²) in [6, 6.07) is 10.6. The van der Waals surface area contributed by atoms with Crippen molar-refractivity contribution in [3.05, 3.63) is 35.9 Å². The number of benzene rings is 1. The zero-order valence-corrected chi connectivity index (χ0v) is 8.72. The summed E-state index contributed by atoms with van der Waals surface area (Å²) in [6.07, 6.45) is 2.32. The van der Waals surface area contributed by atoms with Gasteiger partial charge in [-0.3, -0.25) is 0 Å². The molecule has 72 valence electrons. The van der Waals surface area contributed by atoms with Crippen LogP contribution in [0, 0.1) is 0 Å². The van der Waals surface area contributed by atoms with Crippen LogP contribution in [0.5, 0.6) is 0 Å². The van der Waals surface area contributed by atoms with Crippen molar-refractivity contribution in [3.8, 4) is 0 Å². The maximum Gasteiger partial charge on any atom is -0.00270 e. The van der Waals surface area contributed by atoms with Crippen molar-refractivity contribution < 1.29 is 0 Å². The van der Waals surface area contributed by atoms with Crippen LogP contribution in [0.4, 0.5) is 0 Å². The lowest BCUT2D eigenvalue weighted by Gasteiger charge is -2.00. The van der Waals surface area contributed by atoms with E-state index in [9.17, 15) is 0 Å². The second-order valence-corrected chi connectivity index (χ2v) is 4.21. The highest BCUT2D eigenvalue weighted by Gasteiger charge is 1.91. The van der Waals surface area contributed by atoms with Crippen LogP contribution in [0.25, 0.3) is 0 Å².